The lowest BCUT2D eigenvalue weighted by Gasteiger charge is -2.10. The highest BCUT2D eigenvalue weighted by Crippen LogP contribution is 2.47. The maximum Gasteiger partial charge on any atom is 0.508 e. The van der Waals surface area contributed by atoms with E-state index in [2.05, 4.69) is 13.8 Å². The van der Waals surface area contributed by atoms with Crippen molar-refractivity contribution in [1.82, 2.24) is 0 Å². The smallest absolute Gasteiger partial charge is 0.438 e. The Morgan fingerprint density at radius 1 is 1.27 bits per heavy atom. The van der Waals surface area contributed by atoms with Crippen LogP contribution >= 0.6 is 7.60 Å². The number of hydrogen-bond acceptors (Lipinski definition) is 6. The summed E-state index contributed by atoms with van der Waals surface area (Å²) in [5.41, 5.74) is 0. The van der Waals surface area contributed by atoms with Crippen LogP contribution in [0.2, 0.25) is 0 Å². The Hall–Kier alpha value is -0.840. The fourth-order valence-corrected chi connectivity index (χ4v) is 1.51. The van der Waals surface area contributed by atoms with Crippen LogP contribution in [0.3, 0.4) is 0 Å². The van der Waals surface area contributed by atoms with Crippen molar-refractivity contribution in [2.75, 3.05) is 21.3 Å². The standard InChI is InChI=1S/C8H15O6P/c1-7(14-8(9)11-2)5-6-15(10,12-3)13-4/h5-7H,1-4H3/b6-5+/t7-/m1/s1. The van der Waals surface area contributed by atoms with Crippen molar-refractivity contribution in [3.05, 3.63) is 11.9 Å². The van der Waals surface area contributed by atoms with Gasteiger partial charge in [-0.25, -0.2) is 4.79 Å². The molecule has 0 amide bonds. The highest BCUT2D eigenvalue weighted by molar-refractivity contribution is 7.57. The molecule has 0 aliphatic carbocycles. The van der Waals surface area contributed by atoms with Crippen LogP contribution in [0.1, 0.15) is 6.92 Å². The van der Waals surface area contributed by atoms with Crippen molar-refractivity contribution in [1.29, 1.82) is 0 Å². The number of carbonyl (C=O) groups is 1. The van der Waals surface area contributed by atoms with E-state index in [9.17, 15) is 9.36 Å². The Morgan fingerprint density at radius 2 is 1.80 bits per heavy atom. The number of rotatable bonds is 5. The molecule has 88 valence electrons. The van der Waals surface area contributed by atoms with Crippen LogP contribution in [0.5, 0.6) is 0 Å². The summed E-state index contributed by atoms with van der Waals surface area (Å²) in [6.45, 7) is 1.59. The van der Waals surface area contributed by atoms with Crippen molar-refractivity contribution in [2.24, 2.45) is 0 Å². The molecule has 0 aromatic carbocycles. The van der Waals surface area contributed by atoms with Gasteiger partial charge in [0.2, 0.25) is 0 Å². The predicted octanol–water partition coefficient (Wildman–Crippen LogP) is 2.16. The zero-order chi connectivity index (χ0) is 11.9. The molecule has 0 spiro atoms. The second-order valence-electron chi connectivity index (χ2n) is 2.52. The second-order valence-corrected chi connectivity index (χ2v) is 4.63. The van der Waals surface area contributed by atoms with E-state index in [0.29, 0.717) is 0 Å². The molecule has 0 unspecified atom stereocenters. The van der Waals surface area contributed by atoms with Crippen LogP contribution < -0.4 is 0 Å². The van der Waals surface area contributed by atoms with Gasteiger partial charge in [0.1, 0.15) is 6.10 Å². The summed E-state index contributed by atoms with van der Waals surface area (Å²) in [6, 6.07) is 0. The Kier molecular flexibility index (Phi) is 6.24. The third kappa shape index (κ3) is 5.57. The highest BCUT2D eigenvalue weighted by Gasteiger charge is 2.16. The van der Waals surface area contributed by atoms with E-state index >= 15 is 0 Å². The summed E-state index contributed by atoms with van der Waals surface area (Å²) in [7, 11) is 0.531. The zero-order valence-corrected chi connectivity index (χ0v) is 10.0. The molecule has 0 fully saturated rings. The van der Waals surface area contributed by atoms with Gasteiger partial charge in [-0.3, -0.25) is 4.57 Å². The Balaban J connectivity index is 4.27. The number of hydrogen-bond donors (Lipinski definition) is 0. The van der Waals surface area contributed by atoms with Crippen LogP contribution in [0, 0.1) is 0 Å². The fraction of sp³-hybridized carbons (Fsp3) is 0.625. The predicted molar refractivity (Wildman–Crippen MR) is 53.7 cm³/mol. The van der Waals surface area contributed by atoms with Gasteiger partial charge in [-0.05, 0) is 13.0 Å². The summed E-state index contributed by atoms with van der Waals surface area (Å²) in [5, 5.41) is 0. The van der Waals surface area contributed by atoms with Gasteiger partial charge in [0.25, 0.3) is 0 Å². The van der Waals surface area contributed by atoms with Gasteiger partial charge in [-0.1, -0.05) is 0 Å². The van der Waals surface area contributed by atoms with Crippen LogP contribution in [0.25, 0.3) is 0 Å². The minimum atomic E-state index is -3.20. The largest absolute Gasteiger partial charge is 0.508 e. The molecule has 0 saturated carbocycles. The monoisotopic (exact) mass is 238 g/mol. The van der Waals surface area contributed by atoms with Crippen molar-refractivity contribution in [3.63, 3.8) is 0 Å². The molecule has 0 heterocycles. The summed E-state index contributed by atoms with van der Waals surface area (Å²) in [6.07, 6.45) is 0.0120. The average Bonchev–Trinajstić information content (AvgIpc) is 2.25. The molecule has 0 bridgehead atoms. The van der Waals surface area contributed by atoms with Gasteiger partial charge in [-0.2, -0.15) is 0 Å². The van der Waals surface area contributed by atoms with Gasteiger partial charge in [0.05, 0.1) is 7.11 Å². The second kappa shape index (κ2) is 6.61. The molecule has 1 atom stereocenters. The van der Waals surface area contributed by atoms with E-state index in [4.69, 9.17) is 4.74 Å². The van der Waals surface area contributed by atoms with Crippen LogP contribution in [-0.4, -0.2) is 33.6 Å². The van der Waals surface area contributed by atoms with E-state index in [1.807, 2.05) is 0 Å². The normalized spacial score (nSPS) is 13.9. The number of methoxy groups -OCH3 is 1. The molecule has 0 aromatic rings. The van der Waals surface area contributed by atoms with Gasteiger partial charge in [0, 0.05) is 20.0 Å². The molecular weight excluding hydrogens is 223 g/mol. The first-order valence-corrected chi connectivity index (χ1v) is 5.73. The van der Waals surface area contributed by atoms with Crippen molar-refractivity contribution < 1.29 is 27.9 Å². The van der Waals surface area contributed by atoms with Crippen molar-refractivity contribution >= 4 is 13.8 Å². The summed E-state index contributed by atoms with van der Waals surface area (Å²) in [5.74, 6) is 1.22. The molecule has 0 N–H and O–H groups in total. The third-order valence-corrected chi connectivity index (χ3v) is 3.05. The van der Waals surface area contributed by atoms with E-state index in [1.165, 1.54) is 33.2 Å². The first-order chi connectivity index (χ1) is 6.97. The molecule has 6 nitrogen and oxygen atoms in total. The molecule has 0 radical (unpaired) electrons. The summed E-state index contributed by atoms with van der Waals surface area (Å²) in [4.78, 5) is 10.7. The Bertz CT molecular complexity index is 266. The average molecular weight is 238 g/mol. The van der Waals surface area contributed by atoms with E-state index in [-0.39, 0.29) is 0 Å². The molecule has 7 heteroatoms. The Morgan fingerprint density at radius 3 is 2.20 bits per heavy atom. The topological polar surface area (TPSA) is 71.1 Å². The lowest BCUT2D eigenvalue weighted by Crippen LogP contribution is -2.12. The third-order valence-electron chi connectivity index (χ3n) is 1.50. The van der Waals surface area contributed by atoms with E-state index < -0.39 is 19.9 Å². The quantitative estimate of drug-likeness (QED) is 0.539. The summed E-state index contributed by atoms with van der Waals surface area (Å²) >= 11 is 0. The number of ether oxygens (including phenoxy) is 2. The first kappa shape index (κ1) is 14.2. The maximum absolute atomic E-state index is 11.5. The maximum atomic E-state index is 11.5. The highest BCUT2D eigenvalue weighted by atomic mass is 31.2. The lowest BCUT2D eigenvalue weighted by molar-refractivity contribution is 0.0578. The van der Waals surface area contributed by atoms with Crippen molar-refractivity contribution in [3.8, 4) is 0 Å². The van der Waals surface area contributed by atoms with Gasteiger partial charge >= 0.3 is 13.8 Å². The molecular formula is C8H15O6P. The first-order valence-electron chi connectivity index (χ1n) is 4.12. The molecule has 15 heavy (non-hydrogen) atoms. The molecule has 0 rings (SSSR count). The molecule has 0 aromatic heterocycles. The molecule has 0 aliphatic heterocycles. The fourth-order valence-electron chi connectivity index (χ4n) is 0.662. The van der Waals surface area contributed by atoms with Gasteiger partial charge < -0.3 is 18.5 Å². The molecule has 0 aliphatic rings. The minimum Gasteiger partial charge on any atom is -0.438 e. The van der Waals surface area contributed by atoms with E-state index in [0.717, 1.165) is 0 Å². The zero-order valence-electron chi connectivity index (χ0n) is 9.13. The van der Waals surface area contributed by atoms with Crippen LogP contribution in [0.15, 0.2) is 11.9 Å². The van der Waals surface area contributed by atoms with E-state index in [1.54, 1.807) is 6.92 Å². The Labute approximate surface area is 88.7 Å². The SMILES string of the molecule is COC(=O)O[C@H](C)/C=C/P(=O)(OC)OC. The number of carbonyl (C=O) groups excluding carboxylic acids is 1. The minimum absolute atomic E-state index is 0.573. The van der Waals surface area contributed by atoms with Gasteiger partial charge in [-0.15, -0.1) is 0 Å². The van der Waals surface area contributed by atoms with Crippen LogP contribution in [0.4, 0.5) is 4.79 Å². The lowest BCUT2D eigenvalue weighted by atomic mass is 10.4. The van der Waals surface area contributed by atoms with Gasteiger partial charge in [0.15, 0.2) is 0 Å². The van der Waals surface area contributed by atoms with Crippen molar-refractivity contribution in [2.45, 2.75) is 13.0 Å². The molecule has 0 saturated heterocycles. The summed E-state index contributed by atoms with van der Waals surface area (Å²) < 4.78 is 29.8. The van der Waals surface area contributed by atoms with Crippen LogP contribution in [-0.2, 0) is 23.1 Å².